The van der Waals surface area contributed by atoms with Crippen LogP contribution in [0.1, 0.15) is 55.3 Å². The minimum atomic E-state index is -0.0968. The molecule has 2 aromatic carbocycles. The summed E-state index contributed by atoms with van der Waals surface area (Å²) in [6, 6.07) is 13.4. The highest BCUT2D eigenvalue weighted by atomic mass is 33.1. The molecule has 2 heterocycles. The van der Waals surface area contributed by atoms with Crippen molar-refractivity contribution in [1.82, 2.24) is 4.90 Å². The Morgan fingerprint density at radius 1 is 1.20 bits per heavy atom. The smallest absolute Gasteiger partial charge is 0.311 e. The minimum Gasteiger partial charge on any atom is -0.426 e. The van der Waals surface area contributed by atoms with Crippen molar-refractivity contribution in [1.29, 1.82) is 0 Å². The van der Waals surface area contributed by atoms with Gasteiger partial charge < -0.3 is 4.74 Å². The lowest BCUT2D eigenvalue weighted by Crippen LogP contribution is -2.38. The van der Waals surface area contributed by atoms with E-state index in [1.807, 2.05) is 33.7 Å². The zero-order chi connectivity index (χ0) is 20.5. The van der Waals surface area contributed by atoms with Gasteiger partial charge in [0.25, 0.3) is 0 Å². The second kappa shape index (κ2) is 8.97. The maximum absolute atomic E-state index is 12.7. The van der Waals surface area contributed by atoms with Gasteiger partial charge in [0.1, 0.15) is 5.75 Å². The topological polar surface area (TPSA) is 29.5 Å². The van der Waals surface area contributed by atoms with Crippen LogP contribution in [0.5, 0.6) is 5.75 Å². The van der Waals surface area contributed by atoms with Crippen LogP contribution >= 0.6 is 21.6 Å². The Hall–Kier alpha value is -1.43. The summed E-state index contributed by atoms with van der Waals surface area (Å²) in [5.74, 6) is 1.84. The summed E-state index contributed by atoms with van der Waals surface area (Å²) >= 11 is 0. The summed E-state index contributed by atoms with van der Waals surface area (Å²) in [6.07, 6.45) is 5.90. The molecule has 0 spiro atoms. The first-order valence-corrected chi connectivity index (χ1v) is 13.6. The minimum absolute atomic E-state index is 0.0968. The molecule has 30 heavy (non-hydrogen) atoms. The van der Waals surface area contributed by atoms with E-state index in [4.69, 9.17) is 4.74 Å². The molecule has 1 fully saturated rings. The molecule has 3 nitrogen and oxygen atoms in total. The van der Waals surface area contributed by atoms with Gasteiger partial charge in [-0.2, -0.15) is 0 Å². The number of nitrogens with zero attached hydrogens (tertiary/aromatic N) is 1. The lowest BCUT2D eigenvalue weighted by Gasteiger charge is -2.41. The molecule has 3 aliphatic rings. The zero-order valence-corrected chi connectivity index (χ0v) is 19.2. The first kappa shape index (κ1) is 20.5. The number of hydrogen-bond donors (Lipinski definition) is 0. The molecule has 158 valence electrons. The molecule has 0 aromatic heterocycles. The van der Waals surface area contributed by atoms with Gasteiger partial charge in [-0.25, -0.2) is 0 Å². The van der Waals surface area contributed by atoms with Crippen LogP contribution in [0.25, 0.3) is 11.1 Å². The molecule has 2 atom stereocenters. The molecule has 1 unspecified atom stereocenters. The van der Waals surface area contributed by atoms with Crippen molar-refractivity contribution >= 4 is 27.6 Å². The highest BCUT2D eigenvalue weighted by Gasteiger charge is 2.35. The molecule has 2 aromatic rings. The summed E-state index contributed by atoms with van der Waals surface area (Å²) in [5.41, 5.74) is 6.65. The van der Waals surface area contributed by atoms with Crippen molar-refractivity contribution in [3.05, 3.63) is 53.1 Å². The van der Waals surface area contributed by atoms with Crippen LogP contribution in [0, 0.1) is 0 Å². The Labute approximate surface area is 187 Å². The van der Waals surface area contributed by atoms with Gasteiger partial charge in [-0.05, 0) is 67.0 Å². The molecule has 0 bridgehead atoms. The Balaban J connectivity index is 1.43. The van der Waals surface area contributed by atoms with Gasteiger partial charge in [-0.1, -0.05) is 58.8 Å². The number of carbonyl (C=O) groups is 1. The second-order valence-electron chi connectivity index (χ2n) is 8.52. The van der Waals surface area contributed by atoms with Crippen molar-refractivity contribution < 1.29 is 9.53 Å². The van der Waals surface area contributed by atoms with E-state index in [1.54, 1.807) is 0 Å². The third-order valence-corrected chi connectivity index (χ3v) is 9.57. The molecule has 2 aliphatic heterocycles. The van der Waals surface area contributed by atoms with E-state index in [0.717, 1.165) is 43.7 Å². The number of esters is 1. The first-order chi connectivity index (χ1) is 14.7. The number of hydrogen-bond acceptors (Lipinski definition) is 5. The van der Waals surface area contributed by atoms with Crippen LogP contribution in [0.2, 0.25) is 0 Å². The van der Waals surface area contributed by atoms with Gasteiger partial charge in [0.05, 0.1) is 0 Å². The fourth-order valence-corrected chi connectivity index (χ4v) is 8.17. The van der Waals surface area contributed by atoms with Crippen LogP contribution < -0.4 is 4.74 Å². The van der Waals surface area contributed by atoms with Crippen LogP contribution in [-0.2, 0) is 17.6 Å². The van der Waals surface area contributed by atoms with Gasteiger partial charge in [0.15, 0.2) is 0 Å². The number of benzene rings is 2. The van der Waals surface area contributed by atoms with E-state index in [0.29, 0.717) is 17.7 Å². The first-order valence-electron chi connectivity index (χ1n) is 11.2. The van der Waals surface area contributed by atoms with E-state index >= 15 is 0 Å². The van der Waals surface area contributed by atoms with Crippen molar-refractivity contribution in [2.75, 3.05) is 18.8 Å². The van der Waals surface area contributed by atoms with Gasteiger partial charge in [-0.3, -0.25) is 9.69 Å². The molecule has 0 radical (unpaired) electrons. The fourth-order valence-electron chi connectivity index (χ4n) is 5.19. The van der Waals surface area contributed by atoms with E-state index in [1.165, 1.54) is 40.8 Å². The molecule has 5 heteroatoms. The van der Waals surface area contributed by atoms with Crippen LogP contribution in [-0.4, -0.2) is 35.0 Å². The molecule has 5 rings (SSSR count). The van der Waals surface area contributed by atoms with E-state index in [9.17, 15) is 4.79 Å². The van der Waals surface area contributed by atoms with E-state index < -0.39 is 0 Å². The molecule has 1 aliphatic carbocycles. The third-order valence-electron chi connectivity index (χ3n) is 6.57. The average Bonchev–Trinajstić information content (AvgIpc) is 3.28. The summed E-state index contributed by atoms with van der Waals surface area (Å²) in [5, 5.41) is 0.596. The maximum Gasteiger partial charge on any atom is 0.311 e. The Bertz CT molecular complexity index is 939. The molecule has 1 saturated heterocycles. The predicted molar refractivity (Wildman–Crippen MR) is 127 cm³/mol. The molecular formula is C25H29NO2S2. The number of carbonyl (C=O) groups excluding carboxylic acids is 1. The SMILES string of the molecule is CCCN1CCc2cccc3c2[C@H]1Cc1cccc(OC(=O)CCC2CCSS2)c1-3. The van der Waals surface area contributed by atoms with Crippen molar-refractivity contribution in [2.24, 2.45) is 0 Å². The second-order valence-corrected chi connectivity index (χ2v) is 11.3. The Morgan fingerprint density at radius 2 is 2.07 bits per heavy atom. The largest absolute Gasteiger partial charge is 0.426 e. The maximum atomic E-state index is 12.7. The van der Waals surface area contributed by atoms with E-state index in [2.05, 4.69) is 36.1 Å². The molecule has 0 N–H and O–H groups in total. The highest BCUT2D eigenvalue weighted by molar-refractivity contribution is 8.77. The predicted octanol–water partition coefficient (Wildman–Crippen LogP) is 6.06. The average molecular weight is 440 g/mol. The molecular weight excluding hydrogens is 410 g/mol. The van der Waals surface area contributed by atoms with E-state index in [-0.39, 0.29) is 5.97 Å². The number of fused-ring (bicyclic) bond motifs is 2. The lowest BCUT2D eigenvalue weighted by atomic mass is 9.77. The monoisotopic (exact) mass is 439 g/mol. The normalized spacial score (nSPS) is 22.4. The van der Waals surface area contributed by atoms with Gasteiger partial charge in [0, 0.05) is 35.6 Å². The Kier molecular flexibility index (Phi) is 6.12. The summed E-state index contributed by atoms with van der Waals surface area (Å²) < 4.78 is 5.96. The van der Waals surface area contributed by atoms with Crippen LogP contribution in [0.15, 0.2) is 36.4 Å². The van der Waals surface area contributed by atoms with Gasteiger partial charge >= 0.3 is 5.97 Å². The highest BCUT2D eigenvalue weighted by Crippen LogP contribution is 2.48. The molecule has 0 amide bonds. The number of rotatable bonds is 6. The van der Waals surface area contributed by atoms with Gasteiger partial charge in [0.2, 0.25) is 0 Å². The summed E-state index contributed by atoms with van der Waals surface area (Å²) in [4.78, 5) is 15.3. The lowest BCUT2D eigenvalue weighted by molar-refractivity contribution is -0.134. The zero-order valence-electron chi connectivity index (χ0n) is 17.6. The standard InChI is InChI=1S/C25H29NO2S2/c1-2-13-26-14-11-17-5-3-7-20-24(17)21(26)16-18-6-4-8-22(25(18)20)28-23(27)10-9-19-12-15-29-30-19/h3-8,19,21H,2,9-16H2,1H3/t19?,21-/m1/s1. The van der Waals surface area contributed by atoms with Crippen LogP contribution in [0.3, 0.4) is 0 Å². The summed E-state index contributed by atoms with van der Waals surface area (Å²) in [6.45, 7) is 4.54. The third kappa shape index (κ3) is 3.92. The Morgan fingerprint density at radius 3 is 2.90 bits per heavy atom. The molecule has 0 saturated carbocycles. The number of ether oxygens (including phenoxy) is 1. The van der Waals surface area contributed by atoms with Crippen LogP contribution in [0.4, 0.5) is 0 Å². The van der Waals surface area contributed by atoms with Crippen molar-refractivity contribution in [3.63, 3.8) is 0 Å². The summed E-state index contributed by atoms with van der Waals surface area (Å²) in [7, 11) is 3.85. The van der Waals surface area contributed by atoms with Crippen molar-refractivity contribution in [2.45, 2.75) is 56.7 Å². The quantitative estimate of drug-likeness (QED) is 0.310. The fraction of sp³-hybridized carbons (Fsp3) is 0.480. The van der Waals surface area contributed by atoms with Crippen molar-refractivity contribution in [3.8, 4) is 16.9 Å². The van der Waals surface area contributed by atoms with Gasteiger partial charge in [-0.15, -0.1) is 0 Å².